The topological polar surface area (TPSA) is 9.23 Å². The second kappa shape index (κ2) is 11.6. The van der Waals surface area contributed by atoms with E-state index < -0.39 is 10.8 Å². The van der Waals surface area contributed by atoms with Gasteiger partial charge in [0.15, 0.2) is 0 Å². The van der Waals surface area contributed by atoms with Crippen LogP contribution in [0.3, 0.4) is 0 Å². The summed E-state index contributed by atoms with van der Waals surface area (Å²) < 4.78 is 6.86. The van der Waals surface area contributed by atoms with E-state index in [1.807, 2.05) is 0 Å². The van der Waals surface area contributed by atoms with Crippen LogP contribution in [0.4, 0.5) is 0 Å². The number of hydrogen-bond acceptors (Lipinski definition) is 1. The molecule has 8 aromatic carbocycles. The Morgan fingerprint density at radius 1 is 0.275 bits per heavy atom. The fraction of sp³-hybridized carbons (Fsp3) is 0.0400. The van der Waals surface area contributed by atoms with Crippen LogP contribution >= 0.6 is 0 Å². The van der Waals surface area contributed by atoms with Crippen LogP contribution in [0.5, 0.6) is 11.5 Å². The fourth-order valence-electron chi connectivity index (χ4n) is 9.01. The SMILES string of the molecule is c1ccc(C2(c3ccccc3)c3ccccc3Oc3cc(-c4ccc5c(c4)C(c4ccccc4)(c4ccccc4)c4ccccc4-5)ccc32)cc1. The van der Waals surface area contributed by atoms with Crippen molar-refractivity contribution in [3.8, 4) is 33.8 Å². The minimum Gasteiger partial charge on any atom is -0.457 e. The molecule has 1 heteroatoms. The van der Waals surface area contributed by atoms with E-state index in [0.717, 1.165) is 33.8 Å². The van der Waals surface area contributed by atoms with Crippen molar-refractivity contribution in [1.82, 2.24) is 0 Å². The monoisotopic (exact) mass is 650 g/mol. The number of rotatable bonds is 5. The highest BCUT2D eigenvalue weighted by Crippen LogP contribution is 2.58. The van der Waals surface area contributed by atoms with E-state index in [9.17, 15) is 0 Å². The lowest BCUT2D eigenvalue weighted by molar-refractivity contribution is 0.435. The normalized spacial score (nSPS) is 14.4. The zero-order chi connectivity index (χ0) is 33.8. The van der Waals surface area contributed by atoms with E-state index in [1.165, 1.54) is 44.5 Å². The molecule has 1 aliphatic heterocycles. The minimum absolute atomic E-state index is 0.454. The van der Waals surface area contributed by atoms with Gasteiger partial charge in [0.1, 0.15) is 11.5 Å². The van der Waals surface area contributed by atoms with Crippen molar-refractivity contribution in [1.29, 1.82) is 0 Å². The molecule has 0 radical (unpaired) electrons. The molecule has 0 spiro atoms. The Balaban J connectivity index is 1.21. The van der Waals surface area contributed by atoms with Crippen molar-refractivity contribution in [2.45, 2.75) is 10.8 Å². The molecule has 1 heterocycles. The van der Waals surface area contributed by atoms with E-state index in [-0.39, 0.29) is 0 Å². The lowest BCUT2D eigenvalue weighted by Gasteiger charge is -2.41. The first-order valence-electron chi connectivity index (χ1n) is 17.7. The second-order valence-electron chi connectivity index (χ2n) is 13.6. The van der Waals surface area contributed by atoms with Gasteiger partial charge in [-0.25, -0.2) is 0 Å². The summed E-state index contributed by atoms with van der Waals surface area (Å²) in [6.45, 7) is 0. The molecule has 0 atom stereocenters. The molecule has 0 saturated carbocycles. The summed E-state index contributed by atoms with van der Waals surface area (Å²) in [5.74, 6) is 1.76. The van der Waals surface area contributed by atoms with Crippen LogP contribution in [0.2, 0.25) is 0 Å². The third kappa shape index (κ3) is 4.22. The summed E-state index contributed by atoms with van der Waals surface area (Å²) in [5, 5.41) is 0. The number of benzene rings is 8. The Morgan fingerprint density at radius 2 is 0.686 bits per heavy atom. The maximum Gasteiger partial charge on any atom is 0.132 e. The highest BCUT2D eigenvalue weighted by Gasteiger charge is 2.47. The van der Waals surface area contributed by atoms with E-state index >= 15 is 0 Å². The van der Waals surface area contributed by atoms with Crippen molar-refractivity contribution in [3.05, 3.63) is 251 Å². The lowest BCUT2D eigenvalue weighted by Crippen LogP contribution is -2.34. The number of hydrogen-bond donors (Lipinski definition) is 0. The molecule has 0 aromatic heterocycles. The van der Waals surface area contributed by atoms with E-state index in [2.05, 4.69) is 206 Å². The number of ether oxygens (including phenoxy) is 1. The Hall–Kier alpha value is -6.44. The highest BCUT2D eigenvalue weighted by molar-refractivity contribution is 5.88. The van der Waals surface area contributed by atoms with E-state index in [4.69, 9.17) is 4.74 Å². The number of para-hydroxylation sites is 1. The van der Waals surface area contributed by atoms with Gasteiger partial charge in [-0.3, -0.25) is 0 Å². The zero-order valence-electron chi connectivity index (χ0n) is 28.0. The van der Waals surface area contributed by atoms with Crippen LogP contribution in [0.15, 0.2) is 206 Å². The molecule has 10 rings (SSSR count). The summed E-state index contributed by atoms with van der Waals surface area (Å²) in [5.41, 5.74) is 13.7. The molecule has 0 saturated heterocycles. The zero-order valence-corrected chi connectivity index (χ0v) is 28.0. The van der Waals surface area contributed by atoms with Crippen molar-refractivity contribution < 1.29 is 4.74 Å². The molecule has 0 unspecified atom stereocenters. The van der Waals surface area contributed by atoms with E-state index in [1.54, 1.807) is 0 Å². The Bertz CT molecular complexity index is 2460. The van der Waals surface area contributed by atoms with Crippen molar-refractivity contribution in [2.24, 2.45) is 0 Å². The first kappa shape index (κ1) is 29.5. The largest absolute Gasteiger partial charge is 0.457 e. The lowest BCUT2D eigenvalue weighted by atomic mass is 9.63. The first-order chi connectivity index (χ1) is 25.3. The highest BCUT2D eigenvalue weighted by atomic mass is 16.5. The van der Waals surface area contributed by atoms with Crippen LogP contribution in [-0.4, -0.2) is 0 Å². The maximum absolute atomic E-state index is 6.86. The number of fused-ring (bicyclic) bond motifs is 5. The van der Waals surface area contributed by atoms with Gasteiger partial charge in [0.25, 0.3) is 0 Å². The van der Waals surface area contributed by atoms with Gasteiger partial charge in [-0.1, -0.05) is 188 Å². The van der Waals surface area contributed by atoms with Crippen LogP contribution in [-0.2, 0) is 10.8 Å². The van der Waals surface area contributed by atoms with Gasteiger partial charge in [0.05, 0.1) is 10.8 Å². The maximum atomic E-state index is 6.86. The molecule has 51 heavy (non-hydrogen) atoms. The first-order valence-corrected chi connectivity index (χ1v) is 17.7. The molecule has 1 aliphatic carbocycles. The molecule has 0 fully saturated rings. The van der Waals surface area contributed by atoms with Gasteiger partial charge in [-0.15, -0.1) is 0 Å². The van der Waals surface area contributed by atoms with E-state index in [0.29, 0.717) is 0 Å². The summed E-state index contributed by atoms with van der Waals surface area (Å²) in [4.78, 5) is 0. The Morgan fingerprint density at radius 3 is 1.27 bits per heavy atom. The average molecular weight is 651 g/mol. The quantitative estimate of drug-likeness (QED) is 0.180. The van der Waals surface area contributed by atoms with Gasteiger partial charge in [-0.05, 0) is 73.8 Å². The Kier molecular flexibility index (Phi) is 6.69. The molecule has 240 valence electrons. The van der Waals surface area contributed by atoms with Gasteiger partial charge in [0, 0.05) is 11.1 Å². The summed E-state index contributed by atoms with van der Waals surface area (Å²) >= 11 is 0. The van der Waals surface area contributed by atoms with Gasteiger partial charge in [-0.2, -0.15) is 0 Å². The molecule has 8 aromatic rings. The van der Waals surface area contributed by atoms with Crippen molar-refractivity contribution >= 4 is 0 Å². The predicted molar refractivity (Wildman–Crippen MR) is 208 cm³/mol. The average Bonchev–Trinajstić information content (AvgIpc) is 3.51. The fourth-order valence-corrected chi connectivity index (χ4v) is 9.01. The molecular weight excluding hydrogens is 617 g/mol. The summed E-state index contributed by atoms with van der Waals surface area (Å²) in [6, 6.07) is 75.0. The van der Waals surface area contributed by atoms with Crippen LogP contribution < -0.4 is 4.74 Å². The summed E-state index contributed by atoms with van der Waals surface area (Å²) in [6.07, 6.45) is 0. The van der Waals surface area contributed by atoms with Crippen LogP contribution in [0.25, 0.3) is 22.3 Å². The Labute approximate surface area is 299 Å². The van der Waals surface area contributed by atoms with Crippen molar-refractivity contribution in [3.63, 3.8) is 0 Å². The molecular formula is C50H34O. The van der Waals surface area contributed by atoms with Gasteiger partial charge < -0.3 is 4.74 Å². The van der Waals surface area contributed by atoms with Gasteiger partial charge in [0.2, 0.25) is 0 Å². The predicted octanol–water partition coefficient (Wildman–Crippen LogP) is 12.2. The molecule has 0 bridgehead atoms. The smallest absolute Gasteiger partial charge is 0.132 e. The standard InChI is InChI=1S/C50H34O/c1-5-17-37(18-6-1)49(38-19-7-2-8-20-38)43-26-14-13-25-41(43)42-31-29-35(33-46(42)49)36-30-32-45-48(34-36)51-47-28-16-15-27-44(47)50(45,39-21-9-3-10-22-39)40-23-11-4-12-24-40/h1-34H. The van der Waals surface area contributed by atoms with Crippen LogP contribution in [0, 0.1) is 0 Å². The van der Waals surface area contributed by atoms with Crippen LogP contribution in [0.1, 0.15) is 44.5 Å². The third-order valence-corrected chi connectivity index (χ3v) is 11.1. The molecule has 1 nitrogen and oxygen atoms in total. The molecule has 0 amide bonds. The second-order valence-corrected chi connectivity index (χ2v) is 13.6. The molecule has 0 N–H and O–H groups in total. The summed E-state index contributed by atoms with van der Waals surface area (Å²) in [7, 11) is 0. The molecule has 2 aliphatic rings. The van der Waals surface area contributed by atoms with Gasteiger partial charge >= 0.3 is 0 Å². The third-order valence-electron chi connectivity index (χ3n) is 11.1. The minimum atomic E-state index is -0.541. The van der Waals surface area contributed by atoms with Crippen molar-refractivity contribution in [2.75, 3.05) is 0 Å².